The molecule has 0 saturated heterocycles. The van der Waals surface area contributed by atoms with E-state index in [2.05, 4.69) is 194 Å². The summed E-state index contributed by atoms with van der Waals surface area (Å²) in [5, 5.41) is 18.3. The Morgan fingerprint density at radius 3 is 1.33 bits per heavy atom. The van der Waals surface area contributed by atoms with E-state index < -0.39 is 0 Å². The summed E-state index contributed by atoms with van der Waals surface area (Å²) in [5.74, 6) is 0. The highest BCUT2D eigenvalue weighted by molar-refractivity contribution is 7.27. The molecule has 0 bridgehead atoms. The first-order valence-electron chi connectivity index (χ1n) is 19.0. The second-order valence-electron chi connectivity index (χ2n) is 14.7. The molecule has 11 aromatic carbocycles. The van der Waals surface area contributed by atoms with Crippen LogP contribution in [0.4, 0.5) is 0 Å². The van der Waals surface area contributed by atoms with Crippen LogP contribution in [0.2, 0.25) is 0 Å². The van der Waals surface area contributed by atoms with E-state index in [9.17, 15) is 0 Å². The average molecular weight is 713 g/mol. The van der Waals surface area contributed by atoms with E-state index in [1.807, 2.05) is 11.3 Å². The minimum absolute atomic E-state index is 1.24. The summed E-state index contributed by atoms with van der Waals surface area (Å²) in [6.45, 7) is 0. The van der Waals surface area contributed by atoms with Gasteiger partial charge in [-0.3, -0.25) is 0 Å². The number of hydrogen-bond acceptors (Lipinski definition) is 1. The van der Waals surface area contributed by atoms with Crippen molar-refractivity contribution in [3.8, 4) is 33.4 Å². The monoisotopic (exact) mass is 712 g/mol. The molecule has 0 atom stereocenters. The molecule has 0 spiro atoms. The lowest BCUT2D eigenvalue weighted by molar-refractivity contribution is 1.66. The zero-order valence-corrected chi connectivity index (χ0v) is 30.7. The van der Waals surface area contributed by atoms with E-state index in [1.165, 1.54) is 118 Å². The summed E-state index contributed by atoms with van der Waals surface area (Å²) < 4.78 is 2.70. The molecule has 0 fully saturated rings. The molecule has 12 rings (SSSR count). The summed E-state index contributed by atoms with van der Waals surface area (Å²) in [6, 6.07) is 72.0. The molecule has 55 heavy (non-hydrogen) atoms. The number of hydrogen-bond donors (Lipinski definition) is 0. The van der Waals surface area contributed by atoms with E-state index in [-0.39, 0.29) is 0 Å². The Morgan fingerprint density at radius 1 is 0.273 bits per heavy atom. The largest absolute Gasteiger partial charge is 0.134 e. The molecular formula is C54H32S. The van der Waals surface area contributed by atoms with Crippen LogP contribution >= 0.6 is 11.3 Å². The number of rotatable bonds is 3. The molecule has 0 aliphatic rings. The first kappa shape index (κ1) is 30.6. The molecule has 0 saturated carbocycles. The van der Waals surface area contributed by atoms with Gasteiger partial charge in [0.2, 0.25) is 0 Å². The molecule has 0 N–H and O–H groups in total. The van der Waals surface area contributed by atoms with Gasteiger partial charge in [0.25, 0.3) is 0 Å². The SMILES string of the molecule is c1ccc(-c2c3ccccc3c(-c3ccc4cc(-c5cc6sc7c8ccccc8c8ccccc8c7c6c6ccccc56)ccc4c3)c3ccccc23)cc1. The predicted octanol–water partition coefficient (Wildman–Crippen LogP) is 16.0. The highest BCUT2D eigenvalue weighted by Gasteiger charge is 2.20. The summed E-state index contributed by atoms with van der Waals surface area (Å²) in [4.78, 5) is 0. The summed E-state index contributed by atoms with van der Waals surface area (Å²) >= 11 is 1.93. The second kappa shape index (κ2) is 11.9. The highest BCUT2D eigenvalue weighted by atomic mass is 32.1. The molecular weight excluding hydrogens is 681 g/mol. The van der Waals surface area contributed by atoms with Gasteiger partial charge in [0, 0.05) is 25.6 Å². The van der Waals surface area contributed by atoms with Crippen LogP contribution in [0, 0.1) is 0 Å². The molecule has 254 valence electrons. The molecule has 0 amide bonds. The lowest BCUT2D eigenvalue weighted by atomic mass is 9.85. The van der Waals surface area contributed by atoms with Gasteiger partial charge < -0.3 is 0 Å². The zero-order chi connectivity index (χ0) is 36.0. The maximum absolute atomic E-state index is 2.45. The summed E-state index contributed by atoms with van der Waals surface area (Å²) in [6.07, 6.45) is 0. The zero-order valence-electron chi connectivity index (χ0n) is 29.9. The number of thiophene rings is 1. The maximum Gasteiger partial charge on any atom is 0.0440 e. The van der Waals surface area contributed by atoms with Crippen molar-refractivity contribution in [3.63, 3.8) is 0 Å². The molecule has 0 unspecified atom stereocenters. The van der Waals surface area contributed by atoms with Crippen LogP contribution in [0.1, 0.15) is 0 Å². The van der Waals surface area contributed by atoms with Crippen LogP contribution < -0.4 is 0 Å². The summed E-state index contributed by atoms with van der Waals surface area (Å²) in [7, 11) is 0. The molecule has 1 heteroatoms. The quantitative estimate of drug-likeness (QED) is 0.126. The lowest BCUT2D eigenvalue weighted by Gasteiger charge is -2.18. The molecule has 0 radical (unpaired) electrons. The fourth-order valence-corrected chi connectivity index (χ4v) is 10.7. The van der Waals surface area contributed by atoms with E-state index in [1.54, 1.807) is 0 Å². The Hall–Kier alpha value is -6.80. The van der Waals surface area contributed by atoms with Crippen molar-refractivity contribution in [2.45, 2.75) is 0 Å². The van der Waals surface area contributed by atoms with Crippen molar-refractivity contribution in [2.24, 2.45) is 0 Å². The number of benzene rings is 11. The first-order chi connectivity index (χ1) is 27.3. The molecule has 12 aromatic rings. The molecule has 0 aliphatic carbocycles. The maximum atomic E-state index is 2.45. The van der Waals surface area contributed by atoms with Gasteiger partial charge in [-0.25, -0.2) is 0 Å². The Kier molecular flexibility index (Phi) is 6.60. The van der Waals surface area contributed by atoms with Crippen LogP contribution in [0.5, 0.6) is 0 Å². The normalized spacial score (nSPS) is 12.0. The van der Waals surface area contributed by atoms with Gasteiger partial charge >= 0.3 is 0 Å². The second-order valence-corrected chi connectivity index (χ2v) is 15.8. The third-order valence-electron chi connectivity index (χ3n) is 11.8. The minimum atomic E-state index is 1.24. The van der Waals surface area contributed by atoms with Gasteiger partial charge in [-0.1, -0.05) is 176 Å². The van der Waals surface area contributed by atoms with Gasteiger partial charge in [0.15, 0.2) is 0 Å². The van der Waals surface area contributed by atoms with Crippen molar-refractivity contribution >= 4 is 96.1 Å². The van der Waals surface area contributed by atoms with Gasteiger partial charge in [0.1, 0.15) is 0 Å². The van der Waals surface area contributed by atoms with Crippen molar-refractivity contribution < 1.29 is 0 Å². The number of fused-ring (bicyclic) bond motifs is 13. The molecule has 0 nitrogen and oxygen atoms in total. The van der Waals surface area contributed by atoms with Crippen LogP contribution in [0.25, 0.3) is 118 Å². The van der Waals surface area contributed by atoms with Crippen molar-refractivity contribution in [1.82, 2.24) is 0 Å². The fourth-order valence-electron chi connectivity index (χ4n) is 9.42. The lowest BCUT2D eigenvalue weighted by Crippen LogP contribution is -1.91. The van der Waals surface area contributed by atoms with Crippen LogP contribution in [0.3, 0.4) is 0 Å². The third-order valence-corrected chi connectivity index (χ3v) is 13.0. The van der Waals surface area contributed by atoms with Crippen molar-refractivity contribution in [2.75, 3.05) is 0 Å². The van der Waals surface area contributed by atoms with E-state index in [4.69, 9.17) is 0 Å². The van der Waals surface area contributed by atoms with Crippen molar-refractivity contribution in [1.29, 1.82) is 0 Å². The predicted molar refractivity (Wildman–Crippen MR) is 241 cm³/mol. The Bertz CT molecular complexity index is 3480. The van der Waals surface area contributed by atoms with Gasteiger partial charge in [-0.05, 0) is 111 Å². The van der Waals surface area contributed by atoms with Crippen molar-refractivity contribution in [3.05, 3.63) is 194 Å². The highest BCUT2D eigenvalue weighted by Crippen LogP contribution is 2.49. The van der Waals surface area contributed by atoms with Gasteiger partial charge in [-0.15, -0.1) is 11.3 Å². The fraction of sp³-hybridized carbons (Fsp3) is 0. The topological polar surface area (TPSA) is 0 Å². The summed E-state index contributed by atoms with van der Waals surface area (Å²) in [5.41, 5.74) is 7.60. The Morgan fingerprint density at radius 2 is 0.709 bits per heavy atom. The van der Waals surface area contributed by atoms with Crippen LogP contribution in [-0.4, -0.2) is 0 Å². The van der Waals surface area contributed by atoms with Gasteiger partial charge in [-0.2, -0.15) is 0 Å². The van der Waals surface area contributed by atoms with E-state index in [0.29, 0.717) is 0 Å². The minimum Gasteiger partial charge on any atom is -0.134 e. The molecule has 1 aromatic heterocycles. The standard InChI is InChI=1S/C54H32S/c1-2-14-33(15-3-1)50-43-21-9-11-23-45(43)51(46-24-12-10-22-44(46)50)37-29-27-34-30-36(28-26-35(34)31-37)48-32-49-52(41-19-7-5-18-40(41)48)53-42-20-8-4-16-38(42)39-17-6-13-25-47(39)54(53)55-49/h1-32H. The third kappa shape index (κ3) is 4.51. The van der Waals surface area contributed by atoms with E-state index in [0.717, 1.165) is 0 Å². The van der Waals surface area contributed by atoms with Gasteiger partial charge in [0.05, 0.1) is 0 Å². The molecule has 1 heterocycles. The van der Waals surface area contributed by atoms with Crippen LogP contribution in [-0.2, 0) is 0 Å². The molecule has 0 aliphatic heterocycles. The first-order valence-corrected chi connectivity index (χ1v) is 19.8. The van der Waals surface area contributed by atoms with Crippen LogP contribution in [0.15, 0.2) is 194 Å². The smallest absolute Gasteiger partial charge is 0.0440 e. The Labute approximate surface area is 322 Å². The van der Waals surface area contributed by atoms with E-state index >= 15 is 0 Å². The Balaban J connectivity index is 1.06. The average Bonchev–Trinajstić information content (AvgIpc) is 3.66.